The number of rotatable bonds is 5. The fraction of sp³-hybridized carbons (Fsp3) is 0.333. The number of carbonyl (C=O) groups excluding carboxylic acids is 1. The van der Waals surface area contributed by atoms with E-state index in [0.29, 0.717) is 6.54 Å². The van der Waals surface area contributed by atoms with Gasteiger partial charge in [-0.3, -0.25) is 9.00 Å². The minimum atomic E-state index is -1.58. The average Bonchev–Trinajstić information content (AvgIpc) is 2.37. The molecule has 0 saturated carbocycles. The minimum Gasteiger partial charge on any atom is -0.478 e. The van der Waals surface area contributed by atoms with Crippen LogP contribution in [0.2, 0.25) is 5.02 Å². The summed E-state index contributed by atoms with van der Waals surface area (Å²) < 4.78 is 12.0. The summed E-state index contributed by atoms with van der Waals surface area (Å²) in [6.07, 6.45) is 0. The zero-order chi connectivity index (χ0) is 14.6. The van der Waals surface area contributed by atoms with Gasteiger partial charge in [0, 0.05) is 18.5 Å². The molecule has 0 spiro atoms. The Hall–Kier alpha value is -1.40. The Balaban J connectivity index is 2.92. The van der Waals surface area contributed by atoms with Crippen molar-refractivity contribution in [1.29, 1.82) is 0 Å². The number of nitrogens with zero attached hydrogens (tertiary/aromatic N) is 1. The molecule has 0 saturated heterocycles. The van der Waals surface area contributed by atoms with Crippen LogP contribution < -0.4 is 0 Å². The van der Waals surface area contributed by atoms with Gasteiger partial charge >= 0.3 is 5.97 Å². The first-order valence-corrected chi connectivity index (χ1v) is 7.21. The standard InChI is InChI=1S/C12H14ClNO4S/c1-3-14(2)11(15)7-19(18)8-4-5-10(13)9(6-8)12(16)17/h4-6H,3,7H2,1-2H3,(H,16,17). The number of amides is 1. The fourth-order valence-electron chi connectivity index (χ4n) is 1.29. The van der Waals surface area contributed by atoms with Gasteiger partial charge in [0.1, 0.15) is 5.75 Å². The van der Waals surface area contributed by atoms with E-state index in [2.05, 4.69) is 0 Å². The van der Waals surface area contributed by atoms with E-state index in [1.54, 1.807) is 7.05 Å². The van der Waals surface area contributed by atoms with Crippen molar-refractivity contribution in [2.45, 2.75) is 11.8 Å². The maximum Gasteiger partial charge on any atom is 0.337 e. The van der Waals surface area contributed by atoms with Crippen molar-refractivity contribution in [3.63, 3.8) is 0 Å². The Morgan fingerprint density at radius 3 is 2.58 bits per heavy atom. The largest absolute Gasteiger partial charge is 0.478 e. The Labute approximate surface area is 118 Å². The molecule has 7 heteroatoms. The molecule has 0 aliphatic carbocycles. The monoisotopic (exact) mass is 303 g/mol. The highest BCUT2D eigenvalue weighted by Gasteiger charge is 2.16. The second kappa shape index (κ2) is 6.68. The summed E-state index contributed by atoms with van der Waals surface area (Å²) in [6, 6.07) is 4.07. The number of hydrogen-bond acceptors (Lipinski definition) is 3. The van der Waals surface area contributed by atoms with Gasteiger partial charge in [-0.25, -0.2) is 4.79 Å². The van der Waals surface area contributed by atoms with E-state index in [-0.39, 0.29) is 27.1 Å². The molecule has 1 rings (SSSR count). The predicted molar refractivity (Wildman–Crippen MR) is 73.0 cm³/mol. The third-order valence-electron chi connectivity index (χ3n) is 2.59. The molecule has 0 aliphatic heterocycles. The third-order valence-corrected chi connectivity index (χ3v) is 4.20. The molecule has 104 valence electrons. The number of halogens is 1. The number of aromatic carboxylic acids is 1. The summed E-state index contributed by atoms with van der Waals surface area (Å²) >= 11 is 5.72. The van der Waals surface area contributed by atoms with Gasteiger partial charge in [-0.1, -0.05) is 11.6 Å². The number of carboxylic acid groups (broad SMARTS) is 1. The molecule has 19 heavy (non-hydrogen) atoms. The van der Waals surface area contributed by atoms with Crippen LogP contribution in [0.4, 0.5) is 0 Å². The van der Waals surface area contributed by atoms with Crippen molar-refractivity contribution in [3.05, 3.63) is 28.8 Å². The van der Waals surface area contributed by atoms with Crippen LogP contribution in [-0.4, -0.2) is 45.4 Å². The molecule has 1 aromatic rings. The van der Waals surface area contributed by atoms with Crippen molar-refractivity contribution in [2.24, 2.45) is 0 Å². The highest BCUT2D eigenvalue weighted by atomic mass is 35.5. The molecule has 1 N–H and O–H groups in total. The summed E-state index contributed by atoms with van der Waals surface area (Å²) in [7, 11) is 0.0312. The van der Waals surface area contributed by atoms with E-state index in [1.165, 1.54) is 23.1 Å². The van der Waals surface area contributed by atoms with Crippen LogP contribution in [0.5, 0.6) is 0 Å². The maximum atomic E-state index is 12.0. The topological polar surface area (TPSA) is 74.7 Å². The van der Waals surface area contributed by atoms with Gasteiger partial charge in [0.2, 0.25) is 5.91 Å². The van der Waals surface area contributed by atoms with Crippen molar-refractivity contribution < 1.29 is 18.9 Å². The molecule has 0 heterocycles. The molecule has 1 unspecified atom stereocenters. The van der Waals surface area contributed by atoms with Gasteiger partial charge in [0.25, 0.3) is 0 Å². The van der Waals surface area contributed by atoms with Crippen molar-refractivity contribution in [3.8, 4) is 0 Å². The van der Waals surface area contributed by atoms with Gasteiger partial charge < -0.3 is 10.0 Å². The van der Waals surface area contributed by atoms with Crippen LogP contribution in [-0.2, 0) is 15.6 Å². The van der Waals surface area contributed by atoms with Crippen molar-refractivity contribution >= 4 is 34.3 Å². The van der Waals surface area contributed by atoms with Crippen LogP contribution in [0, 0.1) is 0 Å². The van der Waals surface area contributed by atoms with Crippen molar-refractivity contribution in [1.82, 2.24) is 4.90 Å². The SMILES string of the molecule is CCN(C)C(=O)CS(=O)c1ccc(Cl)c(C(=O)O)c1. The van der Waals surface area contributed by atoms with Gasteiger partial charge in [-0.15, -0.1) is 0 Å². The molecule has 0 fully saturated rings. The lowest BCUT2D eigenvalue weighted by Gasteiger charge is -2.14. The number of hydrogen-bond donors (Lipinski definition) is 1. The quantitative estimate of drug-likeness (QED) is 0.897. The molecule has 0 aromatic heterocycles. The summed E-state index contributed by atoms with van der Waals surface area (Å²) in [4.78, 5) is 24.3. The number of benzene rings is 1. The van der Waals surface area contributed by atoms with E-state index >= 15 is 0 Å². The molecule has 0 bridgehead atoms. The first-order valence-electron chi connectivity index (χ1n) is 5.52. The Morgan fingerprint density at radius 2 is 2.05 bits per heavy atom. The van der Waals surface area contributed by atoms with Crippen LogP contribution in [0.3, 0.4) is 0 Å². The second-order valence-corrected chi connectivity index (χ2v) is 5.70. The van der Waals surface area contributed by atoms with E-state index in [9.17, 15) is 13.8 Å². The van der Waals surface area contributed by atoms with Crippen LogP contribution in [0.15, 0.2) is 23.1 Å². The summed E-state index contributed by atoms with van der Waals surface area (Å²) in [5, 5.41) is 9.00. The average molecular weight is 304 g/mol. The predicted octanol–water partition coefficient (Wildman–Crippen LogP) is 1.62. The Morgan fingerprint density at radius 1 is 1.42 bits per heavy atom. The molecule has 0 radical (unpaired) electrons. The van der Waals surface area contributed by atoms with E-state index < -0.39 is 16.8 Å². The zero-order valence-corrected chi connectivity index (χ0v) is 12.1. The molecule has 1 atom stereocenters. The van der Waals surface area contributed by atoms with Crippen LogP contribution in [0.1, 0.15) is 17.3 Å². The minimum absolute atomic E-state index is 0.0743. The number of carbonyl (C=O) groups is 2. The van der Waals surface area contributed by atoms with E-state index in [4.69, 9.17) is 16.7 Å². The van der Waals surface area contributed by atoms with E-state index in [0.717, 1.165) is 0 Å². The molecule has 0 aliphatic rings. The summed E-state index contributed by atoms with van der Waals surface area (Å²) in [5.74, 6) is -1.63. The highest BCUT2D eigenvalue weighted by Crippen LogP contribution is 2.19. The smallest absolute Gasteiger partial charge is 0.337 e. The fourth-order valence-corrected chi connectivity index (χ4v) is 2.57. The lowest BCUT2D eigenvalue weighted by atomic mass is 10.2. The van der Waals surface area contributed by atoms with E-state index in [1.807, 2.05) is 6.92 Å². The van der Waals surface area contributed by atoms with Gasteiger partial charge in [-0.2, -0.15) is 0 Å². The van der Waals surface area contributed by atoms with Gasteiger partial charge in [0.05, 0.1) is 21.4 Å². The van der Waals surface area contributed by atoms with Crippen LogP contribution >= 0.6 is 11.6 Å². The van der Waals surface area contributed by atoms with Gasteiger partial charge in [0.15, 0.2) is 0 Å². The number of carboxylic acids is 1. The molecule has 1 aromatic carbocycles. The second-order valence-electron chi connectivity index (χ2n) is 3.84. The lowest BCUT2D eigenvalue weighted by molar-refractivity contribution is -0.126. The molecular formula is C12H14ClNO4S. The lowest BCUT2D eigenvalue weighted by Crippen LogP contribution is -2.30. The third kappa shape index (κ3) is 4.04. The molecular weight excluding hydrogens is 290 g/mol. The van der Waals surface area contributed by atoms with Gasteiger partial charge in [-0.05, 0) is 25.1 Å². The highest BCUT2D eigenvalue weighted by molar-refractivity contribution is 7.85. The first-order chi connectivity index (χ1) is 8.86. The molecule has 5 nitrogen and oxygen atoms in total. The van der Waals surface area contributed by atoms with Crippen molar-refractivity contribution in [2.75, 3.05) is 19.3 Å². The normalized spacial score (nSPS) is 11.9. The Kier molecular flexibility index (Phi) is 5.50. The summed E-state index contributed by atoms with van der Waals surface area (Å²) in [6.45, 7) is 2.34. The maximum absolute atomic E-state index is 12.0. The summed E-state index contributed by atoms with van der Waals surface area (Å²) in [5.41, 5.74) is -0.121. The Bertz CT molecular complexity index is 532. The first kappa shape index (κ1) is 15.7. The zero-order valence-electron chi connectivity index (χ0n) is 10.6. The van der Waals surface area contributed by atoms with Crippen LogP contribution in [0.25, 0.3) is 0 Å². The molecule has 1 amide bonds.